The summed E-state index contributed by atoms with van der Waals surface area (Å²) >= 11 is 0. The lowest BCUT2D eigenvalue weighted by atomic mass is 10.2. The lowest BCUT2D eigenvalue weighted by molar-refractivity contribution is -0.333. The summed E-state index contributed by atoms with van der Waals surface area (Å²) < 4.78 is 0. The minimum Gasteiger partial charge on any atom is -0.208 e. The third kappa shape index (κ3) is 6.04. The maximum Gasteiger partial charge on any atom is 0.0529 e. The summed E-state index contributed by atoms with van der Waals surface area (Å²) in [6, 6.07) is 1.72. The monoisotopic (exact) mass is 265 g/mol. The van der Waals surface area contributed by atoms with Crippen LogP contribution in [0.1, 0.15) is 38.5 Å². The zero-order chi connectivity index (χ0) is 13.2. The fraction of sp³-hybridized carbons (Fsp3) is 0.769. The molecular formula is C13H23N5O. The fourth-order valence-corrected chi connectivity index (χ4v) is 2.26. The van der Waals surface area contributed by atoms with Gasteiger partial charge in [0.1, 0.15) is 0 Å². The van der Waals surface area contributed by atoms with Crippen molar-refractivity contribution < 1.29 is 4.94 Å². The van der Waals surface area contributed by atoms with E-state index in [1.54, 1.807) is 18.5 Å². The molecule has 3 rings (SSSR count). The first-order valence-corrected chi connectivity index (χ1v) is 7.21. The normalized spacial score (nSPS) is 21.5. The molecule has 0 saturated carbocycles. The van der Waals surface area contributed by atoms with E-state index in [0.29, 0.717) is 0 Å². The molecule has 1 aromatic heterocycles. The molecule has 3 heterocycles. The molecule has 2 aliphatic heterocycles. The Morgan fingerprint density at radius 1 is 0.684 bits per heavy atom. The Labute approximate surface area is 114 Å². The average molecular weight is 265 g/mol. The van der Waals surface area contributed by atoms with Crippen molar-refractivity contribution in [2.24, 2.45) is 0 Å². The minimum atomic E-state index is 1.12. The molecule has 0 aliphatic carbocycles. The number of rotatable bonds is 2. The molecule has 0 bridgehead atoms. The molecule has 0 spiro atoms. The predicted molar refractivity (Wildman–Crippen MR) is 71.8 cm³/mol. The third-order valence-corrected chi connectivity index (χ3v) is 3.27. The van der Waals surface area contributed by atoms with E-state index in [9.17, 15) is 0 Å². The Morgan fingerprint density at radius 2 is 1.16 bits per heavy atom. The van der Waals surface area contributed by atoms with Crippen molar-refractivity contribution in [1.82, 2.24) is 25.5 Å². The van der Waals surface area contributed by atoms with E-state index >= 15 is 0 Å². The van der Waals surface area contributed by atoms with E-state index in [4.69, 9.17) is 4.94 Å². The molecule has 2 saturated heterocycles. The van der Waals surface area contributed by atoms with Gasteiger partial charge in [0.25, 0.3) is 0 Å². The first kappa shape index (κ1) is 14.3. The van der Waals surface area contributed by atoms with Gasteiger partial charge in [0.05, 0.1) is 12.4 Å². The average Bonchev–Trinajstić information content (AvgIpc) is 2.52. The first-order chi connectivity index (χ1) is 9.45. The standard InChI is InChI=1S/C10H20N2O.C3H3N3/c1-3-7-11(8-4-1)13-12-9-5-2-6-10-12;1-2-4-6-5-3-1/h1-10H2;1-3H. The fourth-order valence-electron chi connectivity index (χ4n) is 2.26. The van der Waals surface area contributed by atoms with Crippen molar-refractivity contribution >= 4 is 0 Å². The maximum atomic E-state index is 5.80. The van der Waals surface area contributed by atoms with Crippen molar-refractivity contribution in [3.63, 3.8) is 0 Å². The van der Waals surface area contributed by atoms with Crippen LogP contribution in [0.3, 0.4) is 0 Å². The van der Waals surface area contributed by atoms with Crippen LogP contribution in [0.4, 0.5) is 0 Å². The van der Waals surface area contributed by atoms with Gasteiger partial charge in [0, 0.05) is 26.2 Å². The molecule has 19 heavy (non-hydrogen) atoms. The topological polar surface area (TPSA) is 54.4 Å². The maximum absolute atomic E-state index is 5.80. The van der Waals surface area contributed by atoms with E-state index in [0.717, 1.165) is 26.2 Å². The van der Waals surface area contributed by atoms with Crippen molar-refractivity contribution in [2.45, 2.75) is 38.5 Å². The van der Waals surface area contributed by atoms with Gasteiger partial charge >= 0.3 is 0 Å². The summed E-state index contributed by atoms with van der Waals surface area (Å²) in [5.41, 5.74) is 0. The van der Waals surface area contributed by atoms with Crippen molar-refractivity contribution in [3.8, 4) is 0 Å². The van der Waals surface area contributed by atoms with Gasteiger partial charge in [-0.1, -0.05) is 12.8 Å². The van der Waals surface area contributed by atoms with E-state index in [1.165, 1.54) is 38.5 Å². The first-order valence-electron chi connectivity index (χ1n) is 7.21. The summed E-state index contributed by atoms with van der Waals surface area (Å²) in [4.78, 5) is 5.80. The summed E-state index contributed by atoms with van der Waals surface area (Å²) in [6.07, 6.45) is 11.1. The predicted octanol–water partition coefficient (Wildman–Crippen LogP) is 1.68. The zero-order valence-corrected chi connectivity index (χ0v) is 11.4. The van der Waals surface area contributed by atoms with E-state index in [1.807, 2.05) is 0 Å². The summed E-state index contributed by atoms with van der Waals surface area (Å²) in [5, 5.41) is 14.4. The van der Waals surface area contributed by atoms with Gasteiger partial charge in [0.15, 0.2) is 0 Å². The highest BCUT2D eigenvalue weighted by Crippen LogP contribution is 2.14. The van der Waals surface area contributed by atoms with Gasteiger partial charge in [-0.2, -0.15) is 10.1 Å². The number of piperidine rings is 2. The number of hydrogen-bond acceptors (Lipinski definition) is 6. The molecule has 106 valence electrons. The van der Waals surface area contributed by atoms with Crippen molar-refractivity contribution in [3.05, 3.63) is 18.5 Å². The molecule has 0 aromatic carbocycles. The third-order valence-electron chi connectivity index (χ3n) is 3.27. The van der Waals surface area contributed by atoms with Gasteiger partial charge in [-0.05, 0) is 37.0 Å². The summed E-state index contributed by atoms with van der Waals surface area (Å²) in [5.74, 6) is 0. The lowest BCUT2D eigenvalue weighted by Crippen LogP contribution is -2.40. The van der Waals surface area contributed by atoms with Gasteiger partial charge in [0.2, 0.25) is 0 Å². The van der Waals surface area contributed by atoms with Crippen LogP contribution >= 0.6 is 0 Å². The Bertz CT molecular complexity index is 269. The highest BCUT2D eigenvalue weighted by molar-refractivity contribution is 4.69. The summed E-state index contributed by atoms with van der Waals surface area (Å²) in [7, 11) is 0. The van der Waals surface area contributed by atoms with Crippen LogP contribution in [0, 0.1) is 0 Å². The molecule has 6 nitrogen and oxygen atoms in total. The molecule has 0 atom stereocenters. The SMILES string of the molecule is C1CCN(ON2CCCCC2)CC1.c1cnnnc1. The smallest absolute Gasteiger partial charge is 0.0529 e. The Kier molecular flexibility index (Phi) is 6.70. The van der Waals surface area contributed by atoms with Crippen LogP contribution in [0.15, 0.2) is 18.5 Å². The second-order valence-corrected chi connectivity index (χ2v) is 4.87. The quantitative estimate of drug-likeness (QED) is 0.811. The lowest BCUT2D eigenvalue weighted by Gasteiger charge is -2.33. The van der Waals surface area contributed by atoms with E-state index in [2.05, 4.69) is 25.5 Å². The Balaban J connectivity index is 0.000000186. The van der Waals surface area contributed by atoms with Crippen LogP contribution in [0.25, 0.3) is 0 Å². The van der Waals surface area contributed by atoms with Crippen molar-refractivity contribution in [2.75, 3.05) is 26.2 Å². The van der Waals surface area contributed by atoms with Gasteiger partial charge in [-0.25, -0.2) is 4.94 Å². The van der Waals surface area contributed by atoms with Crippen LogP contribution < -0.4 is 0 Å². The van der Waals surface area contributed by atoms with Gasteiger partial charge in [-0.15, -0.1) is 10.2 Å². The Morgan fingerprint density at radius 3 is 1.47 bits per heavy atom. The number of nitrogens with zero attached hydrogens (tertiary/aromatic N) is 5. The van der Waals surface area contributed by atoms with Crippen molar-refractivity contribution in [1.29, 1.82) is 0 Å². The Hall–Kier alpha value is -1.11. The highest BCUT2D eigenvalue weighted by Gasteiger charge is 2.16. The van der Waals surface area contributed by atoms with Crippen LogP contribution in [-0.2, 0) is 4.94 Å². The molecule has 2 fully saturated rings. The van der Waals surface area contributed by atoms with Gasteiger partial charge in [-0.3, -0.25) is 0 Å². The molecule has 0 unspecified atom stereocenters. The number of aromatic nitrogens is 3. The molecular weight excluding hydrogens is 242 g/mol. The molecule has 0 N–H and O–H groups in total. The van der Waals surface area contributed by atoms with Gasteiger partial charge < -0.3 is 0 Å². The second-order valence-electron chi connectivity index (χ2n) is 4.87. The minimum absolute atomic E-state index is 1.12. The van der Waals surface area contributed by atoms with E-state index in [-0.39, 0.29) is 0 Å². The molecule has 0 radical (unpaired) electrons. The molecule has 2 aliphatic rings. The zero-order valence-electron chi connectivity index (χ0n) is 11.4. The molecule has 6 heteroatoms. The summed E-state index contributed by atoms with van der Waals surface area (Å²) in [6.45, 7) is 4.49. The highest BCUT2D eigenvalue weighted by atomic mass is 16.8. The largest absolute Gasteiger partial charge is 0.208 e. The van der Waals surface area contributed by atoms with Crippen LogP contribution in [0.2, 0.25) is 0 Å². The van der Waals surface area contributed by atoms with Crippen LogP contribution in [0.5, 0.6) is 0 Å². The number of hydrogen-bond donors (Lipinski definition) is 0. The second kappa shape index (κ2) is 8.90. The van der Waals surface area contributed by atoms with Crippen LogP contribution in [-0.4, -0.2) is 51.7 Å². The molecule has 0 amide bonds. The molecule has 1 aromatic rings. The van der Waals surface area contributed by atoms with E-state index < -0.39 is 0 Å². The number of hydroxylamine groups is 4.